The minimum atomic E-state index is 0.882. The maximum absolute atomic E-state index is 5.17. The summed E-state index contributed by atoms with van der Waals surface area (Å²) in [5, 5.41) is 1.13. The highest BCUT2D eigenvalue weighted by Crippen LogP contribution is 2.19. The number of rotatable bonds is 3. The molecule has 2 heteroatoms. The molecule has 0 radical (unpaired) electrons. The highest BCUT2D eigenvalue weighted by atomic mass is 16.5. The van der Waals surface area contributed by atoms with Crippen LogP contribution in [-0.2, 0) is 6.42 Å². The number of methoxy groups -OCH3 is 1. The molecule has 0 unspecified atom stereocenters. The zero-order chi connectivity index (χ0) is 10.7. The van der Waals surface area contributed by atoms with Crippen molar-refractivity contribution in [3.8, 4) is 5.75 Å². The second-order valence-corrected chi connectivity index (χ2v) is 3.61. The molecule has 1 aromatic heterocycles. The summed E-state index contributed by atoms with van der Waals surface area (Å²) in [4.78, 5) is 4.58. The van der Waals surface area contributed by atoms with Crippen LogP contribution < -0.4 is 4.74 Å². The average Bonchev–Trinajstić information content (AvgIpc) is 2.29. The van der Waals surface area contributed by atoms with E-state index in [1.807, 2.05) is 18.2 Å². The summed E-state index contributed by atoms with van der Waals surface area (Å²) in [6.45, 7) is 2.17. The summed E-state index contributed by atoms with van der Waals surface area (Å²) in [6, 6.07) is 10.2. The number of benzene rings is 1. The fourth-order valence-electron chi connectivity index (χ4n) is 1.67. The highest BCUT2D eigenvalue weighted by molar-refractivity contribution is 5.80. The molecule has 0 saturated heterocycles. The Hall–Kier alpha value is -1.57. The van der Waals surface area contributed by atoms with E-state index in [4.69, 9.17) is 4.74 Å². The SMILES string of the molecule is CCCc1ccc2cc(OC)ccc2n1. The first-order valence-corrected chi connectivity index (χ1v) is 5.27. The first kappa shape index (κ1) is 9.97. The molecule has 0 saturated carbocycles. The van der Waals surface area contributed by atoms with Crippen molar-refractivity contribution in [3.63, 3.8) is 0 Å². The smallest absolute Gasteiger partial charge is 0.119 e. The van der Waals surface area contributed by atoms with Gasteiger partial charge in [-0.3, -0.25) is 4.98 Å². The molecule has 2 aromatic rings. The molecule has 0 bridgehead atoms. The number of nitrogens with zero attached hydrogens (tertiary/aromatic N) is 1. The summed E-state index contributed by atoms with van der Waals surface area (Å²) >= 11 is 0. The van der Waals surface area contributed by atoms with Gasteiger partial charge in [0.15, 0.2) is 0 Å². The maximum atomic E-state index is 5.17. The van der Waals surface area contributed by atoms with Gasteiger partial charge in [-0.2, -0.15) is 0 Å². The van der Waals surface area contributed by atoms with Gasteiger partial charge in [0, 0.05) is 11.1 Å². The first-order chi connectivity index (χ1) is 7.33. The Balaban J connectivity index is 2.45. The van der Waals surface area contributed by atoms with Gasteiger partial charge in [-0.05, 0) is 30.7 Å². The Morgan fingerprint density at radius 3 is 2.80 bits per heavy atom. The van der Waals surface area contributed by atoms with Crippen LogP contribution in [0, 0.1) is 0 Å². The first-order valence-electron chi connectivity index (χ1n) is 5.27. The van der Waals surface area contributed by atoms with Gasteiger partial charge in [0.2, 0.25) is 0 Å². The van der Waals surface area contributed by atoms with Crippen molar-refractivity contribution >= 4 is 10.9 Å². The summed E-state index contributed by atoms with van der Waals surface area (Å²) in [6.07, 6.45) is 2.18. The van der Waals surface area contributed by atoms with Crippen LogP contribution in [0.25, 0.3) is 10.9 Å². The minimum absolute atomic E-state index is 0.882. The van der Waals surface area contributed by atoms with Gasteiger partial charge in [-0.25, -0.2) is 0 Å². The third kappa shape index (κ3) is 2.09. The number of pyridine rings is 1. The lowest BCUT2D eigenvalue weighted by atomic mass is 10.1. The van der Waals surface area contributed by atoms with E-state index in [1.54, 1.807) is 7.11 Å². The van der Waals surface area contributed by atoms with Crippen LogP contribution in [0.4, 0.5) is 0 Å². The predicted octanol–water partition coefficient (Wildman–Crippen LogP) is 3.20. The van der Waals surface area contributed by atoms with Crippen molar-refractivity contribution < 1.29 is 4.74 Å². The predicted molar refractivity (Wildman–Crippen MR) is 62.3 cm³/mol. The van der Waals surface area contributed by atoms with Crippen molar-refractivity contribution in [1.29, 1.82) is 0 Å². The molecule has 0 atom stereocenters. The molecule has 0 aliphatic heterocycles. The van der Waals surface area contributed by atoms with Crippen LogP contribution in [0.15, 0.2) is 30.3 Å². The van der Waals surface area contributed by atoms with Gasteiger partial charge in [-0.1, -0.05) is 19.4 Å². The highest BCUT2D eigenvalue weighted by Gasteiger charge is 1.99. The number of hydrogen-bond donors (Lipinski definition) is 0. The molecular weight excluding hydrogens is 186 g/mol. The maximum Gasteiger partial charge on any atom is 0.119 e. The van der Waals surface area contributed by atoms with Gasteiger partial charge < -0.3 is 4.74 Å². The van der Waals surface area contributed by atoms with Crippen LogP contribution in [-0.4, -0.2) is 12.1 Å². The van der Waals surface area contributed by atoms with Gasteiger partial charge >= 0.3 is 0 Å². The number of aromatic nitrogens is 1. The number of ether oxygens (including phenoxy) is 1. The Labute approximate surface area is 89.9 Å². The summed E-state index contributed by atoms with van der Waals surface area (Å²) in [5.74, 6) is 0.882. The molecule has 0 N–H and O–H groups in total. The lowest BCUT2D eigenvalue weighted by molar-refractivity contribution is 0.415. The van der Waals surface area contributed by atoms with Crippen molar-refractivity contribution in [1.82, 2.24) is 4.98 Å². The normalized spacial score (nSPS) is 10.5. The van der Waals surface area contributed by atoms with Gasteiger partial charge in [0.25, 0.3) is 0 Å². The Bertz CT molecular complexity index is 465. The van der Waals surface area contributed by atoms with Crippen molar-refractivity contribution in [2.45, 2.75) is 19.8 Å². The van der Waals surface area contributed by atoms with E-state index in [9.17, 15) is 0 Å². The van der Waals surface area contributed by atoms with E-state index in [0.29, 0.717) is 0 Å². The van der Waals surface area contributed by atoms with Crippen molar-refractivity contribution in [2.24, 2.45) is 0 Å². The molecule has 1 heterocycles. The zero-order valence-corrected chi connectivity index (χ0v) is 9.16. The number of fused-ring (bicyclic) bond motifs is 1. The lowest BCUT2D eigenvalue weighted by Gasteiger charge is -2.03. The molecule has 0 fully saturated rings. The van der Waals surface area contributed by atoms with E-state index in [-0.39, 0.29) is 0 Å². The molecule has 2 nitrogen and oxygen atoms in total. The third-order valence-corrected chi connectivity index (χ3v) is 2.46. The summed E-state index contributed by atoms with van der Waals surface area (Å²) in [5.41, 5.74) is 2.21. The van der Waals surface area contributed by atoms with Gasteiger partial charge in [0.05, 0.1) is 12.6 Å². The topological polar surface area (TPSA) is 22.1 Å². The van der Waals surface area contributed by atoms with E-state index < -0.39 is 0 Å². The Kier molecular flexibility index (Phi) is 2.86. The summed E-state index contributed by atoms with van der Waals surface area (Å²) in [7, 11) is 1.68. The van der Waals surface area contributed by atoms with E-state index in [0.717, 1.165) is 35.2 Å². The van der Waals surface area contributed by atoms with Crippen molar-refractivity contribution in [2.75, 3.05) is 7.11 Å². The average molecular weight is 201 g/mol. The Morgan fingerprint density at radius 1 is 1.20 bits per heavy atom. The molecule has 0 amide bonds. The number of hydrogen-bond acceptors (Lipinski definition) is 2. The fraction of sp³-hybridized carbons (Fsp3) is 0.308. The van der Waals surface area contributed by atoms with E-state index in [2.05, 4.69) is 24.0 Å². The molecular formula is C13H15NO. The molecule has 78 valence electrons. The van der Waals surface area contributed by atoms with E-state index in [1.165, 1.54) is 0 Å². The van der Waals surface area contributed by atoms with Crippen LogP contribution in [0.2, 0.25) is 0 Å². The van der Waals surface area contributed by atoms with Crippen LogP contribution >= 0.6 is 0 Å². The quantitative estimate of drug-likeness (QED) is 0.760. The monoisotopic (exact) mass is 201 g/mol. The van der Waals surface area contributed by atoms with Crippen LogP contribution in [0.3, 0.4) is 0 Å². The van der Waals surface area contributed by atoms with Gasteiger partial charge in [0.1, 0.15) is 5.75 Å². The second kappa shape index (κ2) is 4.30. The van der Waals surface area contributed by atoms with Crippen molar-refractivity contribution in [3.05, 3.63) is 36.0 Å². The minimum Gasteiger partial charge on any atom is -0.497 e. The third-order valence-electron chi connectivity index (χ3n) is 2.46. The van der Waals surface area contributed by atoms with E-state index >= 15 is 0 Å². The number of aryl methyl sites for hydroxylation is 1. The molecule has 1 aromatic carbocycles. The standard InChI is InChI=1S/C13H15NO/c1-3-4-11-6-5-10-9-12(15-2)7-8-13(10)14-11/h5-9H,3-4H2,1-2H3. The largest absolute Gasteiger partial charge is 0.497 e. The zero-order valence-electron chi connectivity index (χ0n) is 9.16. The van der Waals surface area contributed by atoms with Gasteiger partial charge in [-0.15, -0.1) is 0 Å². The molecule has 15 heavy (non-hydrogen) atoms. The summed E-state index contributed by atoms with van der Waals surface area (Å²) < 4.78 is 5.17. The molecule has 0 aliphatic carbocycles. The fourth-order valence-corrected chi connectivity index (χ4v) is 1.67. The molecule has 0 spiro atoms. The molecule has 2 rings (SSSR count). The van der Waals surface area contributed by atoms with Crippen LogP contribution in [0.1, 0.15) is 19.0 Å². The van der Waals surface area contributed by atoms with Crippen LogP contribution in [0.5, 0.6) is 5.75 Å². The lowest BCUT2D eigenvalue weighted by Crippen LogP contribution is -1.90. The second-order valence-electron chi connectivity index (χ2n) is 3.61. The molecule has 0 aliphatic rings. The Morgan fingerprint density at radius 2 is 2.07 bits per heavy atom.